The molecule has 1 fully saturated rings. The molecule has 0 spiro atoms. The molecule has 0 radical (unpaired) electrons. The Morgan fingerprint density at radius 3 is 2.91 bits per heavy atom. The highest BCUT2D eigenvalue weighted by Gasteiger charge is 2.41. The number of ketones is 1. The highest BCUT2D eigenvalue weighted by Crippen LogP contribution is 2.48. The molecule has 0 saturated carbocycles. The van der Waals surface area contributed by atoms with Gasteiger partial charge in [0.2, 0.25) is 0 Å². The summed E-state index contributed by atoms with van der Waals surface area (Å²) in [5.41, 5.74) is 10.2. The van der Waals surface area contributed by atoms with E-state index in [0.717, 1.165) is 49.8 Å². The molecule has 4 heterocycles. The number of halogens is 1. The van der Waals surface area contributed by atoms with Gasteiger partial charge in [0.05, 0.1) is 36.5 Å². The Hall–Kier alpha value is -2.70. The Kier molecular flexibility index (Phi) is 6.21. The first-order valence-corrected chi connectivity index (χ1v) is 12.3. The first-order valence-electron chi connectivity index (χ1n) is 11.0. The molecule has 170 valence electrons. The maximum absolute atomic E-state index is 13.2. The zero-order chi connectivity index (χ0) is 22.9. The van der Waals surface area contributed by atoms with Crippen LogP contribution in [0.15, 0.2) is 52.4 Å². The van der Waals surface area contributed by atoms with Crippen molar-refractivity contribution in [3.05, 3.63) is 68.0 Å². The number of carbonyl (C=O) groups is 1. The van der Waals surface area contributed by atoms with Crippen LogP contribution in [0.4, 0.5) is 5.69 Å². The number of thiophene rings is 1. The van der Waals surface area contributed by atoms with E-state index in [1.807, 2.05) is 6.07 Å². The molecule has 7 nitrogen and oxygen atoms in total. The molecule has 0 bridgehead atoms. The van der Waals surface area contributed by atoms with Crippen LogP contribution in [0.25, 0.3) is 0 Å². The Morgan fingerprint density at radius 2 is 2.15 bits per heavy atom. The average molecular weight is 482 g/mol. The second-order valence-electron chi connectivity index (χ2n) is 8.38. The van der Waals surface area contributed by atoms with Gasteiger partial charge in [0, 0.05) is 48.4 Å². The van der Waals surface area contributed by atoms with E-state index >= 15 is 0 Å². The number of nitrogens with two attached hydrogens (primary N) is 1. The quantitative estimate of drug-likeness (QED) is 0.661. The SMILES string of the molecule is N#CC1=C(N)N(c2cccnc2Cl)C2=C(C(=O)CCC2)[C@H]1c1cc(CN2CCOCC2)cs1. The minimum absolute atomic E-state index is 0.0645. The van der Waals surface area contributed by atoms with E-state index in [2.05, 4.69) is 27.4 Å². The third-order valence-corrected chi connectivity index (χ3v) is 7.70. The zero-order valence-electron chi connectivity index (χ0n) is 18.1. The van der Waals surface area contributed by atoms with Crippen LogP contribution in [-0.4, -0.2) is 42.0 Å². The fourth-order valence-corrected chi connectivity index (χ4v) is 6.06. The predicted molar refractivity (Wildman–Crippen MR) is 128 cm³/mol. The van der Waals surface area contributed by atoms with Crippen LogP contribution in [0.2, 0.25) is 5.15 Å². The van der Waals surface area contributed by atoms with Gasteiger partial charge in [-0.2, -0.15) is 5.26 Å². The van der Waals surface area contributed by atoms with Gasteiger partial charge in [0.1, 0.15) is 5.82 Å². The number of aromatic nitrogens is 1. The second kappa shape index (κ2) is 9.27. The van der Waals surface area contributed by atoms with E-state index in [1.165, 1.54) is 5.56 Å². The molecule has 0 aromatic carbocycles. The summed E-state index contributed by atoms with van der Waals surface area (Å²) >= 11 is 7.98. The lowest BCUT2D eigenvalue weighted by atomic mass is 9.78. The summed E-state index contributed by atoms with van der Waals surface area (Å²) in [6, 6.07) is 8.01. The molecule has 1 atom stereocenters. The third-order valence-electron chi connectivity index (χ3n) is 6.36. The number of pyridine rings is 1. The van der Waals surface area contributed by atoms with Gasteiger partial charge in [-0.1, -0.05) is 11.6 Å². The maximum atomic E-state index is 13.2. The largest absolute Gasteiger partial charge is 0.384 e. The smallest absolute Gasteiger partial charge is 0.161 e. The highest BCUT2D eigenvalue weighted by atomic mass is 35.5. The van der Waals surface area contributed by atoms with E-state index in [0.29, 0.717) is 35.5 Å². The summed E-state index contributed by atoms with van der Waals surface area (Å²) in [5, 5.41) is 12.6. The van der Waals surface area contributed by atoms with E-state index in [9.17, 15) is 10.1 Å². The number of nitriles is 1. The molecule has 0 unspecified atom stereocenters. The van der Waals surface area contributed by atoms with Gasteiger partial charge in [-0.3, -0.25) is 14.6 Å². The summed E-state index contributed by atoms with van der Waals surface area (Å²) in [6.07, 6.45) is 3.50. The van der Waals surface area contributed by atoms with Crippen molar-refractivity contribution in [3.63, 3.8) is 0 Å². The molecular formula is C24H24ClN5O2S. The minimum atomic E-state index is -0.451. The maximum Gasteiger partial charge on any atom is 0.161 e. The monoisotopic (exact) mass is 481 g/mol. The van der Waals surface area contributed by atoms with Crippen LogP contribution in [0.5, 0.6) is 0 Å². The Bertz CT molecular complexity index is 1190. The number of hydrogen-bond donors (Lipinski definition) is 1. The number of carbonyl (C=O) groups excluding carboxylic acids is 1. The van der Waals surface area contributed by atoms with Crippen molar-refractivity contribution in [2.24, 2.45) is 5.73 Å². The standard InChI is InChI=1S/C24H24ClN5O2S/c25-23-18(4-2-6-28-23)30-17-3-1-5-19(31)22(17)21(16(12-26)24(30)27)20-11-15(14-33-20)13-29-7-9-32-10-8-29/h2,4,6,11,14,21H,1,3,5,7-10,13,27H2/t21-/m1/s1. The Labute approximate surface area is 201 Å². The topological polar surface area (TPSA) is 95.5 Å². The number of ether oxygens (including phenoxy) is 1. The lowest BCUT2D eigenvalue weighted by molar-refractivity contribution is -0.116. The van der Waals surface area contributed by atoms with E-state index in [-0.39, 0.29) is 10.9 Å². The van der Waals surface area contributed by atoms with Gasteiger partial charge < -0.3 is 10.5 Å². The third kappa shape index (κ3) is 4.06. The first kappa shape index (κ1) is 22.1. The summed E-state index contributed by atoms with van der Waals surface area (Å²) < 4.78 is 5.45. The number of rotatable bonds is 4. The zero-order valence-corrected chi connectivity index (χ0v) is 19.7. The van der Waals surface area contributed by atoms with E-state index < -0.39 is 5.92 Å². The van der Waals surface area contributed by atoms with Crippen molar-refractivity contribution in [2.45, 2.75) is 31.7 Å². The van der Waals surface area contributed by atoms with Crippen molar-refractivity contribution < 1.29 is 9.53 Å². The number of nitrogens with zero attached hydrogens (tertiary/aromatic N) is 4. The summed E-state index contributed by atoms with van der Waals surface area (Å²) in [7, 11) is 0. The van der Waals surface area contributed by atoms with Gasteiger partial charge in [0.25, 0.3) is 0 Å². The van der Waals surface area contributed by atoms with Gasteiger partial charge in [0.15, 0.2) is 10.9 Å². The number of Topliss-reactive ketones (excluding diaryl/α,β-unsaturated/α-hetero) is 1. The molecule has 0 amide bonds. The van der Waals surface area contributed by atoms with Crippen LogP contribution < -0.4 is 10.6 Å². The molecule has 2 aromatic rings. The fourth-order valence-electron chi connectivity index (χ4n) is 4.84. The van der Waals surface area contributed by atoms with Crippen LogP contribution in [-0.2, 0) is 16.1 Å². The van der Waals surface area contributed by atoms with E-state index in [4.69, 9.17) is 22.1 Å². The Morgan fingerprint density at radius 1 is 1.33 bits per heavy atom. The normalized spacial score (nSPS) is 21.9. The van der Waals surface area contributed by atoms with Crippen LogP contribution in [0.1, 0.15) is 35.6 Å². The van der Waals surface area contributed by atoms with Crippen molar-refractivity contribution in [1.29, 1.82) is 5.26 Å². The van der Waals surface area contributed by atoms with Gasteiger partial charge in [-0.25, -0.2) is 4.98 Å². The summed E-state index contributed by atoms with van der Waals surface area (Å²) in [4.78, 5) is 22.5. The summed E-state index contributed by atoms with van der Waals surface area (Å²) in [6.45, 7) is 4.12. The van der Waals surface area contributed by atoms with Crippen molar-refractivity contribution >= 4 is 34.4 Å². The molecule has 2 N–H and O–H groups in total. The molecule has 9 heteroatoms. The lowest BCUT2D eigenvalue weighted by Crippen LogP contribution is -2.38. The van der Waals surface area contributed by atoms with Crippen LogP contribution in [0.3, 0.4) is 0 Å². The highest BCUT2D eigenvalue weighted by molar-refractivity contribution is 7.10. The molecule has 1 aliphatic carbocycles. The predicted octanol–water partition coefficient (Wildman–Crippen LogP) is 3.93. The summed E-state index contributed by atoms with van der Waals surface area (Å²) in [5.74, 6) is -0.0726. The van der Waals surface area contributed by atoms with Crippen molar-refractivity contribution in [3.8, 4) is 6.07 Å². The lowest BCUT2D eigenvalue weighted by Gasteiger charge is -2.39. The van der Waals surface area contributed by atoms with Gasteiger partial charge >= 0.3 is 0 Å². The fraction of sp³-hybridized carbons (Fsp3) is 0.375. The number of allylic oxidation sites excluding steroid dienone is 3. The number of anilines is 1. The van der Waals surface area contributed by atoms with Crippen LogP contribution >= 0.6 is 22.9 Å². The molecule has 1 saturated heterocycles. The van der Waals surface area contributed by atoms with Crippen LogP contribution in [0, 0.1) is 11.3 Å². The number of hydrogen-bond acceptors (Lipinski definition) is 8. The molecule has 2 aromatic heterocycles. The van der Waals surface area contributed by atoms with E-state index in [1.54, 1.807) is 28.5 Å². The van der Waals surface area contributed by atoms with Gasteiger partial charge in [-0.15, -0.1) is 11.3 Å². The first-order chi connectivity index (χ1) is 16.1. The minimum Gasteiger partial charge on any atom is -0.384 e. The molecule has 5 rings (SSSR count). The van der Waals surface area contributed by atoms with Crippen molar-refractivity contribution in [2.75, 3.05) is 31.2 Å². The Balaban J connectivity index is 1.58. The van der Waals surface area contributed by atoms with Crippen molar-refractivity contribution in [1.82, 2.24) is 9.88 Å². The average Bonchev–Trinajstić information content (AvgIpc) is 3.28. The number of morpholine rings is 1. The molecular weight excluding hydrogens is 458 g/mol. The second-order valence-corrected chi connectivity index (χ2v) is 9.68. The van der Waals surface area contributed by atoms with Gasteiger partial charge in [-0.05, 0) is 42.0 Å². The molecule has 33 heavy (non-hydrogen) atoms. The molecule has 3 aliphatic rings. The molecule has 2 aliphatic heterocycles.